The van der Waals surface area contributed by atoms with Gasteiger partial charge in [0, 0.05) is 32.3 Å². The molecule has 1 heterocycles. The van der Waals surface area contributed by atoms with Crippen LogP contribution < -0.4 is 27.6 Å². The number of aromatic nitrogens is 2. The van der Waals surface area contributed by atoms with E-state index < -0.39 is 17.2 Å². The first-order chi connectivity index (χ1) is 11.2. The van der Waals surface area contributed by atoms with Gasteiger partial charge in [-0.05, 0) is 24.3 Å². The van der Waals surface area contributed by atoms with Crippen LogP contribution in [0.15, 0.2) is 33.9 Å². The van der Waals surface area contributed by atoms with Gasteiger partial charge in [-0.3, -0.25) is 23.5 Å². The van der Waals surface area contributed by atoms with Crippen molar-refractivity contribution >= 4 is 29.0 Å². The van der Waals surface area contributed by atoms with Crippen molar-refractivity contribution < 1.29 is 9.59 Å². The Morgan fingerprint density at radius 3 is 2.12 bits per heavy atom. The minimum Gasteiger partial charge on any atom is -0.383 e. The summed E-state index contributed by atoms with van der Waals surface area (Å²) in [6.45, 7) is 1.37. The molecule has 0 spiro atoms. The average molecular weight is 331 g/mol. The van der Waals surface area contributed by atoms with Crippen molar-refractivity contribution in [3.05, 3.63) is 50.7 Å². The minimum absolute atomic E-state index is 0.133. The summed E-state index contributed by atoms with van der Waals surface area (Å²) in [7, 11) is 2.69. The van der Waals surface area contributed by atoms with Crippen molar-refractivity contribution in [2.24, 2.45) is 14.1 Å². The Hall–Kier alpha value is -3.36. The lowest BCUT2D eigenvalue weighted by Gasteiger charge is -2.12. The number of hydrogen-bond acceptors (Lipinski definition) is 5. The second kappa shape index (κ2) is 6.41. The lowest BCUT2D eigenvalue weighted by Crippen LogP contribution is -2.40. The number of rotatable bonds is 3. The molecule has 0 aliphatic rings. The van der Waals surface area contributed by atoms with Gasteiger partial charge in [-0.25, -0.2) is 4.79 Å². The van der Waals surface area contributed by atoms with Gasteiger partial charge in [-0.15, -0.1) is 0 Å². The second-order valence-electron chi connectivity index (χ2n) is 5.18. The number of carbonyl (C=O) groups is 2. The van der Waals surface area contributed by atoms with Crippen LogP contribution in [0.3, 0.4) is 0 Å². The maximum absolute atomic E-state index is 12.3. The molecular weight excluding hydrogens is 314 g/mol. The summed E-state index contributed by atoms with van der Waals surface area (Å²) in [4.78, 5) is 47.1. The molecule has 0 fully saturated rings. The van der Waals surface area contributed by atoms with Gasteiger partial charge in [0.15, 0.2) is 0 Å². The van der Waals surface area contributed by atoms with Crippen LogP contribution in [0.1, 0.15) is 17.3 Å². The quantitative estimate of drug-likeness (QED) is 0.722. The molecule has 126 valence electrons. The smallest absolute Gasteiger partial charge is 0.332 e. The number of nitrogens with one attached hydrogen (secondary N) is 2. The molecule has 1 aromatic carbocycles. The standard InChI is InChI=1S/C15H17N5O4/c1-8(21)17-10-6-4-9(5-7-10)13(22)18-11-12(16)19(2)15(24)20(3)14(11)23/h4-7H,16H2,1-3H3,(H,17,21)(H,18,22). The molecular formula is C15H17N5O4. The largest absolute Gasteiger partial charge is 0.383 e. The molecule has 0 unspecified atom stereocenters. The van der Waals surface area contributed by atoms with E-state index in [0.717, 1.165) is 9.13 Å². The molecule has 24 heavy (non-hydrogen) atoms. The summed E-state index contributed by atoms with van der Waals surface area (Å²) in [6.07, 6.45) is 0. The van der Waals surface area contributed by atoms with Crippen molar-refractivity contribution in [2.45, 2.75) is 6.92 Å². The predicted octanol–water partition coefficient (Wildman–Crippen LogP) is -0.123. The number of hydrogen-bond donors (Lipinski definition) is 3. The molecule has 0 aliphatic heterocycles. The maximum Gasteiger partial charge on any atom is 0.332 e. The number of nitrogens with two attached hydrogens (primary N) is 1. The molecule has 0 radical (unpaired) electrons. The van der Waals surface area contributed by atoms with Gasteiger partial charge in [0.1, 0.15) is 11.5 Å². The SMILES string of the molecule is CC(=O)Nc1ccc(C(=O)Nc2c(N)n(C)c(=O)n(C)c2=O)cc1. The normalized spacial score (nSPS) is 10.3. The predicted molar refractivity (Wildman–Crippen MR) is 90.0 cm³/mol. The molecule has 9 nitrogen and oxygen atoms in total. The molecule has 1 aromatic heterocycles. The topological polar surface area (TPSA) is 128 Å². The number of carbonyl (C=O) groups excluding carboxylic acids is 2. The Morgan fingerprint density at radius 2 is 1.58 bits per heavy atom. The molecule has 0 aliphatic carbocycles. The number of nitrogens with zero attached hydrogens (tertiary/aromatic N) is 2. The van der Waals surface area contributed by atoms with Gasteiger partial charge in [-0.1, -0.05) is 0 Å². The van der Waals surface area contributed by atoms with Crippen LogP contribution in [0.5, 0.6) is 0 Å². The van der Waals surface area contributed by atoms with Gasteiger partial charge in [-0.2, -0.15) is 0 Å². The molecule has 0 bridgehead atoms. The zero-order valence-electron chi connectivity index (χ0n) is 13.4. The maximum atomic E-state index is 12.3. The number of nitrogen functional groups attached to an aromatic ring is 1. The van der Waals surface area contributed by atoms with E-state index in [0.29, 0.717) is 5.69 Å². The van der Waals surface area contributed by atoms with E-state index in [1.54, 1.807) is 12.1 Å². The third-order valence-corrected chi connectivity index (χ3v) is 3.42. The van der Waals surface area contributed by atoms with E-state index in [1.807, 2.05) is 0 Å². The molecule has 0 atom stereocenters. The van der Waals surface area contributed by atoms with Crippen molar-refractivity contribution in [1.82, 2.24) is 9.13 Å². The van der Waals surface area contributed by atoms with Crippen LogP contribution in [-0.2, 0) is 18.9 Å². The number of anilines is 3. The fourth-order valence-corrected chi connectivity index (χ4v) is 2.07. The van der Waals surface area contributed by atoms with Crippen molar-refractivity contribution in [3.8, 4) is 0 Å². The fourth-order valence-electron chi connectivity index (χ4n) is 2.07. The van der Waals surface area contributed by atoms with Crippen molar-refractivity contribution in [2.75, 3.05) is 16.4 Å². The molecule has 4 N–H and O–H groups in total. The Labute approximate surface area is 136 Å². The molecule has 0 saturated heterocycles. The lowest BCUT2D eigenvalue weighted by molar-refractivity contribution is -0.114. The Kier molecular flexibility index (Phi) is 4.54. The number of amides is 2. The van der Waals surface area contributed by atoms with Gasteiger partial charge < -0.3 is 16.4 Å². The fraction of sp³-hybridized carbons (Fsp3) is 0.200. The van der Waals surface area contributed by atoms with Crippen LogP contribution in [0.4, 0.5) is 17.2 Å². The second-order valence-corrected chi connectivity index (χ2v) is 5.18. The average Bonchev–Trinajstić information content (AvgIpc) is 2.55. The first-order valence-corrected chi connectivity index (χ1v) is 6.97. The van der Waals surface area contributed by atoms with Crippen LogP contribution in [0.2, 0.25) is 0 Å². The summed E-state index contributed by atoms with van der Waals surface area (Å²) in [5, 5.41) is 5.00. The monoisotopic (exact) mass is 331 g/mol. The zero-order valence-corrected chi connectivity index (χ0v) is 13.4. The molecule has 2 amide bonds. The Morgan fingerprint density at radius 1 is 1.00 bits per heavy atom. The highest BCUT2D eigenvalue weighted by Crippen LogP contribution is 2.13. The van der Waals surface area contributed by atoms with Gasteiger partial charge >= 0.3 is 5.69 Å². The Balaban J connectivity index is 2.32. The van der Waals surface area contributed by atoms with E-state index in [9.17, 15) is 19.2 Å². The minimum atomic E-state index is -0.696. The third kappa shape index (κ3) is 3.19. The van der Waals surface area contributed by atoms with Crippen molar-refractivity contribution in [1.29, 1.82) is 0 Å². The van der Waals surface area contributed by atoms with Gasteiger partial charge in [0.05, 0.1) is 0 Å². The molecule has 0 saturated carbocycles. The van der Waals surface area contributed by atoms with Crippen LogP contribution in [0.25, 0.3) is 0 Å². The van der Waals surface area contributed by atoms with E-state index in [1.165, 1.54) is 33.2 Å². The van der Waals surface area contributed by atoms with E-state index in [-0.39, 0.29) is 23.0 Å². The van der Waals surface area contributed by atoms with Gasteiger partial charge in [0.2, 0.25) is 5.91 Å². The molecule has 9 heteroatoms. The van der Waals surface area contributed by atoms with Crippen LogP contribution in [0, 0.1) is 0 Å². The summed E-state index contributed by atoms with van der Waals surface area (Å²) >= 11 is 0. The highest BCUT2D eigenvalue weighted by atomic mass is 16.2. The van der Waals surface area contributed by atoms with E-state index in [4.69, 9.17) is 5.73 Å². The lowest BCUT2D eigenvalue weighted by atomic mass is 10.2. The summed E-state index contributed by atoms with van der Waals surface area (Å²) < 4.78 is 1.92. The molecule has 2 aromatic rings. The Bertz CT molecular complexity index is 925. The highest BCUT2D eigenvalue weighted by Gasteiger charge is 2.16. The van der Waals surface area contributed by atoms with E-state index >= 15 is 0 Å². The van der Waals surface area contributed by atoms with Crippen LogP contribution in [-0.4, -0.2) is 20.9 Å². The summed E-state index contributed by atoms with van der Waals surface area (Å²) in [5.41, 5.74) is 5.09. The van der Waals surface area contributed by atoms with Gasteiger partial charge in [0.25, 0.3) is 11.5 Å². The van der Waals surface area contributed by atoms with E-state index in [2.05, 4.69) is 10.6 Å². The first-order valence-electron chi connectivity index (χ1n) is 6.97. The summed E-state index contributed by atoms with van der Waals surface area (Å²) in [5.74, 6) is -0.924. The third-order valence-electron chi connectivity index (χ3n) is 3.42. The molecule has 2 rings (SSSR count). The summed E-state index contributed by atoms with van der Waals surface area (Å²) in [6, 6.07) is 6.09. The highest BCUT2D eigenvalue weighted by molar-refractivity contribution is 6.05. The van der Waals surface area contributed by atoms with Crippen molar-refractivity contribution in [3.63, 3.8) is 0 Å². The number of benzene rings is 1. The van der Waals surface area contributed by atoms with Crippen LogP contribution >= 0.6 is 0 Å². The first kappa shape index (κ1) is 17.0. The zero-order chi connectivity index (χ0) is 18.0.